The van der Waals surface area contributed by atoms with Crippen LogP contribution in [0.4, 0.5) is 0 Å². The minimum Gasteiger partial charge on any atom is -0.457 e. The van der Waals surface area contributed by atoms with Gasteiger partial charge in [-0.2, -0.15) is 15.4 Å². The van der Waals surface area contributed by atoms with Gasteiger partial charge in [0.1, 0.15) is 23.5 Å². The molecule has 5 rings (SSSR count). The molecule has 0 spiro atoms. The van der Waals surface area contributed by atoms with Gasteiger partial charge in [-0.15, -0.1) is 0 Å². The predicted molar refractivity (Wildman–Crippen MR) is 111 cm³/mol. The number of esters is 1. The van der Waals surface area contributed by atoms with Crippen molar-refractivity contribution in [3.8, 4) is 0 Å². The number of carbonyl (C=O) groups excluding carboxylic acids is 1. The third kappa shape index (κ3) is 3.45. The zero-order valence-corrected chi connectivity index (χ0v) is 16.4. The number of carbonyl (C=O) groups is 1. The second-order valence-electron chi connectivity index (χ2n) is 7.60. The fourth-order valence-corrected chi connectivity index (χ4v) is 3.93. The molecule has 4 aromatic rings. The number of nitrogens with zero attached hydrogens (tertiary/aromatic N) is 4. The molecule has 152 valence electrons. The summed E-state index contributed by atoms with van der Waals surface area (Å²) in [5.41, 5.74) is 3.20. The molecular weight excluding hydrogens is 382 g/mol. The average molecular weight is 403 g/mol. The third-order valence-corrected chi connectivity index (χ3v) is 5.55. The molecule has 30 heavy (non-hydrogen) atoms. The number of benzene rings is 2. The van der Waals surface area contributed by atoms with Crippen molar-refractivity contribution in [1.82, 2.24) is 25.0 Å². The first-order valence-corrected chi connectivity index (χ1v) is 10.2. The maximum atomic E-state index is 12.9. The van der Waals surface area contributed by atoms with E-state index in [0.29, 0.717) is 23.0 Å². The summed E-state index contributed by atoms with van der Waals surface area (Å²) in [6.07, 6.45) is 5.09. The van der Waals surface area contributed by atoms with Crippen molar-refractivity contribution in [3.63, 3.8) is 0 Å². The van der Waals surface area contributed by atoms with Crippen molar-refractivity contribution in [3.05, 3.63) is 63.7 Å². The first kappa shape index (κ1) is 18.5. The average Bonchev–Trinajstić information content (AvgIpc) is 3.21. The lowest BCUT2D eigenvalue weighted by atomic mass is 10.1. The van der Waals surface area contributed by atoms with Crippen LogP contribution in [-0.2, 0) is 24.3 Å². The molecule has 0 amide bonds. The Bertz CT molecular complexity index is 1310. The lowest BCUT2D eigenvalue weighted by molar-refractivity contribution is 0.0473. The van der Waals surface area contributed by atoms with Gasteiger partial charge in [0.15, 0.2) is 0 Å². The molecule has 0 aliphatic carbocycles. The van der Waals surface area contributed by atoms with E-state index in [4.69, 9.17) is 9.72 Å². The molecule has 3 heterocycles. The fraction of sp³-hybridized carbons (Fsp3) is 0.318. The topological polar surface area (TPSA) is 103 Å². The molecule has 8 nitrogen and oxygen atoms in total. The zero-order valence-electron chi connectivity index (χ0n) is 16.4. The van der Waals surface area contributed by atoms with Gasteiger partial charge in [0.2, 0.25) is 0 Å². The molecule has 2 aromatic carbocycles. The lowest BCUT2D eigenvalue weighted by Gasteiger charge is -2.16. The molecule has 0 saturated carbocycles. The summed E-state index contributed by atoms with van der Waals surface area (Å²) in [5, 5.41) is 11.1. The van der Waals surface area contributed by atoms with Gasteiger partial charge in [0, 0.05) is 13.0 Å². The molecule has 0 radical (unpaired) electrons. The Labute approximate surface area is 171 Å². The van der Waals surface area contributed by atoms with Crippen LogP contribution in [-0.4, -0.2) is 30.9 Å². The van der Waals surface area contributed by atoms with E-state index < -0.39 is 5.97 Å². The lowest BCUT2D eigenvalue weighted by Crippen LogP contribution is -2.26. The molecular formula is C22H21N5O3. The van der Waals surface area contributed by atoms with E-state index in [9.17, 15) is 9.59 Å². The van der Waals surface area contributed by atoms with Gasteiger partial charge in [0.05, 0.1) is 16.5 Å². The standard InChI is InChI=1S/C22H21N5O3/c28-21-16-8-7-15(12-18(16)23-20-5-3-1-2-4-10-27(20)21)22(29)30-13-14-6-9-17-19(11-14)25-26-24-17/h6-9,11-12H,1-5,10,13H2,(H,24,25,26). The van der Waals surface area contributed by atoms with Crippen LogP contribution in [0.3, 0.4) is 0 Å². The molecule has 0 fully saturated rings. The van der Waals surface area contributed by atoms with E-state index in [1.54, 1.807) is 22.8 Å². The number of ether oxygens (including phenoxy) is 1. The van der Waals surface area contributed by atoms with Gasteiger partial charge in [-0.3, -0.25) is 9.36 Å². The summed E-state index contributed by atoms with van der Waals surface area (Å²) in [7, 11) is 0. The highest BCUT2D eigenvalue weighted by atomic mass is 16.5. The van der Waals surface area contributed by atoms with Crippen LogP contribution in [0.2, 0.25) is 0 Å². The molecule has 1 N–H and O–H groups in total. The minimum absolute atomic E-state index is 0.0299. The molecule has 1 aliphatic rings. The fourth-order valence-electron chi connectivity index (χ4n) is 3.93. The zero-order chi connectivity index (χ0) is 20.5. The monoisotopic (exact) mass is 403 g/mol. The summed E-state index contributed by atoms with van der Waals surface area (Å²) in [4.78, 5) is 30.2. The maximum absolute atomic E-state index is 12.9. The number of nitrogens with one attached hydrogen (secondary N) is 1. The highest BCUT2D eigenvalue weighted by molar-refractivity contribution is 5.94. The Morgan fingerprint density at radius 3 is 2.80 bits per heavy atom. The van der Waals surface area contributed by atoms with Crippen LogP contribution < -0.4 is 5.56 Å². The summed E-state index contributed by atoms with van der Waals surface area (Å²) in [5.74, 6) is 0.351. The Kier molecular flexibility index (Phi) is 4.74. The summed E-state index contributed by atoms with van der Waals surface area (Å²) >= 11 is 0. The molecule has 0 atom stereocenters. The number of aryl methyl sites for hydroxylation is 1. The number of aromatic amines is 1. The summed E-state index contributed by atoms with van der Waals surface area (Å²) in [6, 6.07) is 10.5. The molecule has 0 bridgehead atoms. The van der Waals surface area contributed by atoms with Crippen molar-refractivity contribution in [2.45, 2.75) is 45.3 Å². The van der Waals surface area contributed by atoms with Gasteiger partial charge in [0.25, 0.3) is 5.56 Å². The minimum atomic E-state index is -0.453. The second-order valence-corrected chi connectivity index (χ2v) is 7.60. The quantitative estimate of drug-likeness (QED) is 0.527. The van der Waals surface area contributed by atoms with E-state index in [-0.39, 0.29) is 12.2 Å². The Balaban J connectivity index is 1.40. The molecule has 0 saturated heterocycles. The summed E-state index contributed by atoms with van der Waals surface area (Å²) < 4.78 is 7.25. The van der Waals surface area contributed by atoms with E-state index in [2.05, 4.69) is 15.4 Å². The first-order chi connectivity index (χ1) is 14.7. The Morgan fingerprint density at radius 1 is 1.00 bits per heavy atom. The van der Waals surface area contributed by atoms with Crippen LogP contribution >= 0.6 is 0 Å². The van der Waals surface area contributed by atoms with E-state index >= 15 is 0 Å². The largest absolute Gasteiger partial charge is 0.457 e. The van der Waals surface area contributed by atoms with Crippen LogP contribution in [0, 0.1) is 0 Å². The Morgan fingerprint density at radius 2 is 1.87 bits per heavy atom. The van der Waals surface area contributed by atoms with Crippen molar-refractivity contribution in [2.75, 3.05) is 0 Å². The second kappa shape index (κ2) is 7.70. The van der Waals surface area contributed by atoms with Gasteiger partial charge in [-0.05, 0) is 48.7 Å². The van der Waals surface area contributed by atoms with Crippen molar-refractivity contribution in [1.29, 1.82) is 0 Å². The molecule has 8 heteroatoms. The number of rotatable bonds is 3. The smallest absolute Gasteiger partial charge is 0.338 e. The number of H-pyrrole nitrogens is 1. The Hall–Kier alpha value is -3.55. The SMILES string of the molecule is O=C(OCc1ccc2n[nH]nc2c1)c1ccc2c(=O)n3c(nc2c1)CCCCCC3. The van der Waals surface area contributed by atoms with Crippen LogP contribution in [0.5, 0.6) is 0 Å². The normalized spacial score (nSPS) is 14.3. The summed E-state index contributed by atoms with van der Waals surface area (Å²) in [6.45, 7) is 0.830. The number of hydrogen-bond acceptors (Lipinski definition) is 6. The number of fused-ring (bicyclic) bond motifs is 3. The number of hydrogen-bond donors (Lipinski definition) is 1. The van der Waals surface area contributed by atoms with Gasteiger partial charge < -0.3 is 4.74 Å². The van der Waals surface area contributed by atoms with Gasteiger partial charge in [-0.1, -0.05) is 18.9 Å². The van der Waals surface area contributed by atoms with Gasteiger partial charge in [-0.25, -0.2) is 9.78 Å². The highest BCUT2D eigenvalue weighted by Crippen LogP contribution is 2.18. The molecule has 0 unspecified atom stereocenters. The van der Waals surface area contributed by atoms with Crippen LogP contribution in [0.15, 0.2) is 41.2 Å². The van der Waals surface area contributed by atoms with Crippen molar-refractivity contribution in [2.24, 2.45) is 0 Å². The predicted octanol–water partition coefficient (Wildman–Crippen LogP) is 3.14. The van der Waals surface area contributed by atoms with E-state index in [1.807, 2.05) is 18.2 Å². The first-order valence-electron chi connectivity index (χ1n) is 10.2. The van der Waals surface area contributed by atoms with Crippen LogP contribution in [0.1, 0.15) is 47.4 Å². The van der Waals surface area contributed by atoms with E-state index in [0.717, 1.165) is 54.5 Å². The molecule has 1 aliphatic heterocycles. The molecule has 2 aromatic heterocycles. The van der Waals surface area contributed by atoms with E-state index in [1.165, 1.54) is 0 Å². The van der Waals surface area contributed by atoms with Crippen molar-refractivity contribution >= 4 is 27.9 Å². The van der Waals surface area contributed by atoms with Gasteiger partial charge >= 0.3 is 5.97 Å². The van der Waals surface area contributed by atoms with Crippen LogP contribution in [0.25, 0.3) is 21.9 Å². The number of aromatic nitrogens is 5. The van der Waals surface area contributed by atoms with Crippen molar-refractivity contribution < 1.29 is 9.53 Å². The maximum Gasteiger partial charge on any atom is 0.338 e. The third-order valence-electron chi connectivity index (χ3n) is 5.55. The highest BCUT2D eigenvalue weighted by Gasteiger charge is 2.15.